The lowest BCUT2D eigenvalue weighted by Gasteiger charge is -2.36. The van der Waals surface area contributed by atoms with E-state index in [4.69, 9.17) is 29.2 Å². The fourth-order valence-corrected chi connectivity index (χ4v) is 2.96. The molecule has 3 fully saturated rings. The van der Waals surface area contributed by atoms with Crippen molar-refractivity contribution < 1.29 is 23.7 Å². The Labute approximate surface area is 116 Å². The number of hydrogen-bond donors (Lipinski definition) is 0. The van der Waals surface area contributed by atoms with Gasteiger partial charge in [0.25, 0.3) is 0 Å². The van der Waals surface area contributed by atoms with Crippen LogP contribution in [0.15, 0.2) is 5.11 Å². The monoisotopic (exact) mass is 285 g/mol. The molecule has 20 heavy (non-hydrogen) atoms. The molecule has 3 heterocycles. The highest BCUT2D eigenvalue weighted by Gasteiger charge is 2.60. The van der Waals surface area contributed by atoms with Crippen LogP contribution in [-0.2, 0) is 23.7 Å². The molecule has 0 amide bonds. The second kappa shape index (κ2) is 4.56. The number of fused-ring (bicyclic) bond motifs is 3. The van der Waals surface area contributed by atoms with Gasteiger partial charge in [0, 0.05) is 4.91 Å². The third kappa shape index (κ3) is 2.39. The van der Waals surface area contributed by atoms with E-state index in [-0.39, 0.29) is 24.9 Å². The summed E-state index contributed by atoms with van der Waals surface area (Å²) >= 11 is 0. The average molecular weight is 285 g/mol. The first-order valence-electron chi connectivity index (χ1n) is 6.69. The van der Waals surface area contributed by atoms with Crippen molar-refractivity contribution in [2.24, 2.45) is 5.11 Å². The highest BCUT2D eigenvalue weighted by Crippen LogP contribution is 2.44. The predicted octanol–water partition coefficient (Wildman–Crippen LogP) is 1.69. The summed E-state index contributed by atoms with van der Waals surface area (Å²) in [5.74, 6) is -1.46. The topological polar surface area (TPSA) is 94.9 Å². The molecule has 3 saturated heterocycles. The predicted molar refractivity (Wildman–Crippen MR) is 66.5 cm³/mol. The van der Waals surface area contributed by atoms with E-state index < -0.39 is 24.0 Å². The van der Waals surface area contributed by atoms with Crippen LogP contribution in [-0.4, -0.2) is 48.8 Å². The second-order valence-electron chi connectivity index (χ2n) is 6.12. The molecule has 0 N–H and O–H groups in total. The van der Waals surface area contributed by atoms with Gasteiger partial charge in [0.1, 0.15) is 18.3 Å². The van der Waals surface area contributed by atoms with Gasteiger partial charge in [-0.25, -0.2) is 0 Å². The van der Waals surface area contributed by atoms with Crippen molar-refractivity contribution in [3.05, 3.63) is 10.4 Å². The lowest BCUT2D eigenvalue weighted by atomic mass is 9.99. The van der Waals surface area contributed by atoms with Crippen LogP contribution >= 0.6 is 0 Å². The van der Waals surface area contributed by atoms with E-state index in [0.29, 0.717) is 0 Å². The summed E-state index contributed by atoms with van der Waals surface area (Å²) in [6.07, 6.45) is -1.93. The molecule has 0 radical (unpaired) electrons. The van der Waals surface area contributed by atoms with Gasteiger partial charge in [0.15, 0.2) is 17.9 Å². The number of hydrogen-bond acceptors (Lipinski definition) is 6. The van der Waals surface area contributed by atoms with E-state index in [1.54, 1.807) is 0 Å². The average Bonchev–Trinajstić information content (AvgIpc) is 2.80. The minimum Gasteiger partial charge on any atom is -0.344 e. The molecule has 8 nitrogen and oxygen atoms in total. The maximum absolute atomic E-state index is 8.49. The lowest BCUT2D eigenvalue weighted by Crippen LogP contribution is -2.55. The summed E-state index contributed by atoms with van der Waals surface area (Å²) in [6, 6.07) is 0. The van der Waals surface area contributed by atoms with E-state index in [9.17, 15) is 0 Å². The van der Waals surface area contributed by atoms with Gasteiger partial charge in [0.2, 0.25) is 0 Å². The van der Waals surface area contributed by atoms with Crippen LogP contribution in [0.2, 0.25) is 0 Å². The molecule has 0 aromatic carbocycles. The Morgan fingerprint density at radius 2 is 1.55 bits per heavy atom. The van der Waals surface area contributed by atoms with Crippen molar-refractivity contribution in [2.75, 3.05) is 6.54 Å². The van der Waals surface area contributed by atoms with Crippen LogP contribution in [0.5, 0.6) is 0 Å². The molecule has 2 unspecified atom stereocenters. The Bertz CT molecular complexity index is 448. The van der Waals surface area contributed by atoms with Crippen molar-refractivity contribution in [3.8, 4) is 0 Å². The van der Waals surface area contributed by atoms with Crippen LogP contribution in [0, 0.1) is 0 Å². The molecule has 5 atom stereocenters. The molecular weight excluding hydrogens is 266 g/mol. The molecular formula is C12H19N3O5. The minimum atomic E-state index is -0.733. The fraction of sp³-hybridized carbons (Fsp3) is 1.00. The van der Waals surface area contributed by atoms with Gasteiger partial charge in [-0.2, -0.15) is 0 Å². The lowest BCUT2D eigenvalue weighted by molar-refractivity contribution is -0.231. The van der Waals surface area contributed by atoms with Gasteiger partial charge in [0.05, 0.1) is 12.6 Å². The maximum Gasteiger partial charge on any atom is 0.190 e. The Morgan fingerprint density at radius 1 is 0.950 bits per heavy atom. The van der Waals surface area contributed by atoms with Gasteiger partial charge in [-0.1, -0.05) is 5.11 Å². The van der Waals surface area contributed by atoms with Crippen LogP contribution in [0.25, 0.3) is 10.4 Å². The number of nitrogens with zero attached hydrogens (tertiary/aromatic N) is 3. The molecule has 0 aliphatic carbocycles. The Balaban J connectivity index is 1.85. The molecule has 0 aromatic rings. The van der Waals surface area contributed by atoms with E-state index in [0.717, 1.165) is 0 Å². The molecule has 3 aliphatic heterocycles. The SMILES string of the molecule is CC1(C)OC2[C@@H](OC(CN=[N+]=[N-])[C@H]3OC(C)(C)O[C@H]23)O1. The first kappa shape index (κ1) is 14.1. The first-order valence-corrected chi connectivity index (χ1v) is 6.69. The van der Waals surface area contributed by atoms with E-state index in [1.807, 2.05) is 27.7 Å². The van der Waals surface area contributed by atoms with Crippen LogP contribution < -0.4 is 0 Å². The van der Waals surface area contributed by atoms with Gasteiger partial charge < -0.3 is 23.7 Å². The molecule has 3 rings (SSSR count). The quantitative estimate of drug-likeness (QED) is 0.437. The van der Waals surface area contributed by atoms with Gasteiger partial charge in [-0.15, -0.1) is 0 Å². The molecule has 0 bridgehead atoms. The molecule has 0 saturated carbocycles. The van der Waals surface area contributed by atoms with E-state index in [2.05, 4.69) is 10.0 Å². The number of rotatable bonds is 2. The zero-order valence-corrected chi connectivity index (χ0v) is 12.0. The maximum atomic E-state index is 8.49. The molecule has 8 heteroatoms. The Kier molecular flexibility index (Phi) is 3.20. The summed E-state index contributed by atoms with van der Waals surface area (Å²) in [7, 11) is 0. The van der Waals surface area contributed by atoms with Gasteiger partial charge in [-0.05, 0) is 33.2 Å². The second-order valence-corrected chi connectivity index (χ2v) is 6.12. The van der Waals surface area contributed by atoms with Crippen LogP contribution in [0.4, 0.5) is 0 Å². The summed E-state index contributed by atoms with van der Waals surface area (Å²) < 4.78 is 29.2. The third-order valence-corrected chi connectivity index (χ3v) is 3.58. The Hall–Kier alpha value is -0.890. The highest BCUT2D eigenvalue weighted by atomic mass is 16.9. The molecule has 3 aliphatic rings. The number of azide groups is 1. The van der Waals surface area contributed by atoms with Crippen molar-refractivity contribution >= 4 is 0 Å². The zero-order valence-electron chi connectivity index (χ0n) is 12.0. The summed E-state index contributed by atoms with van der Waals surface area (Å²) in [5.41, 5.74) is 8.49. The highest BCUT2D eigenvalue weighted by molar-refractivity contribution is 5.00. The summed E-state index contributed by atoms with van der Waals surface area (Å²) in [6.45, 7) is 7.50. The smallest absolute Gasteiger partial charge is 0.190 e. The number of ether oxygens (including phenoxy) is 5. The van der Waals surface area contributed by atoms with Crippen molar-refractivity contribution in [1.82, 2.24) is 0 Å². The fourth-order valence-electron chi connectivity index (χ4n) is 2.96. The van der Waals surface area contributed by atoms with Gasteiger partial charge >= 0.3 is 0 Å². The Morgan fingerprint density at radius 3 is 2.25 bits per heavy atom. The van der Waals surface area contributed by atoms with Gasteiger partial charge in [-0.3, -0.25) is 0 Å². The van der Waals surface area contributed by atoms with Crippen molar-refractivity contribution in [3.63, 3.8) is 0 Å². The largest absolute Gasteiger partial charge is 0.344 e. The van der Waals surface area contributed by atoms with Crippen LogP contribution in [0.1, 0.15) is 27.7 Å². The molecule has 0 spiro atoms. The first-order chi connectivity index (χ1) is 9.31. The van der Waals surface area contributed by atoms with E-state index >= 15 is 0 Å². The van der Waals surface area contributed by atoms with Crippen LogP contribution in [0.3, 0.4) is 0 Å². The standard InChI is InChI=1S/C12H19N3O5/c1-11(2)17-7-6(5-14-15-13)16-10-9(8(7)18-11)19-12(3,4)20-10/h6-10H,5H2,1-4H3/t6?,7-,8+,9?,10+/m1/s1. The normalized spacial score (nSPS) is 44.5. The van der Waals surface area contributed by atoms with Crippen molar-refractivity contribution in [2.45, 2.75) is 70.0 Å². The summed E-state index contributed by atoms with van der Waals surface area (Å²) in [5, 5.41) is 3.58. The molecule has 112 valence electrons. The van der Waals surface area contributed by atoms with Crippen molar-refractivity contribution in [1.29, 1.82) is 0 Å². The third-order valence-electron chi connectivity index (χ3n) is 3.58. The molecule has 0 aromatic heterocycles. The zero-order chi connectivity index (χ0) is 14.5. The minimum absolute atomic E-state index is 0.171. The van der Waals surface area contributed by atoms with E-state index in [1.165, 1.54) is 0 Å². The summed E-state index contributed by atoms with van der Waals surface area (Å²) in [4.78, 5) is 2.77.